The first-order chi connectivity index (χ1) is 36.4. The van der Waals surface area contributed by atoms with Crippen LogP contribution in [0.1, 0.15) is 51.4 Å². The zero-order chi connectivity index (χ0) is 50.5. The third-order valence-electron chi connectivity index (χ3n) is 13.8. The topological polar surface area (TPSA) is 73.5 Å². The number of benzene rings is 8. The summed E-state index contributed by atoms with van der Waals surface area (Å²) in [5.74, 6) is 0.323. The minimum Gasteiger partial charge on any atom is -0.370 e. The van der Waals surface area contributed by atoms with Gasteiger partial charge in [-0.3, -0.25) is 0 Å². The van der Waals surface area contributed by atoms with Crippen molar-refractivity contribution in [3.8, 4) is 22.5 Å². The molecule has 0 unspecified atom stereocenters. The smallest absolute Gasteiger partial charge is 0.213 e. The van der Waals surface area contributed by atoms with Crippen LogP contribution in [0.2, 0.25) is 0 Å². The Bertz CT molecular complexity index is 3660. The standard InChI is InChI=1S/C34H30N4.C32H24FN3.5Y/c1-3-35-32-24-26(21-22-36-32)33-30-23-25(2)19-20-31(30)38(37-33)34(27-13-7-4-8-14-27,28-15-9-5-10-16-28)29-17-11-6-12-18-29;1-23-17-18-29-28(21-23)31(24-19-20-34-30(33)22-24)35-36(29)32(25-11-5-2-6-12-25,26-13-7-3-8-14-26)27-15-9-4-10-16-27;;;;;/h4-24H,3H2,1-2H3,(H,35,36);2-22H,1H3;;;;;. The minimum absolute atomic E-state index is 0. The monoisotopic (exact) mass is 1410 g/mol. The number of hydrogen-bond donors (Lipinski definition) is 1. The van der Waals surface area contributed by atoms with Crippen LogP contribution < -0.4 is 5.32 Å². The van der Waals surface area contributed by atoms with E-state index >= 15 is 0 Å². The Kier molecular flexibility index (Phi) is 24.0. The van der Waals surface area contributed by atoms with Crippen molar-refractivity contribution in [3.05, 3.63) is 306 Å². The van der Waals surface area contributed by atoms with E-state index in [1.54, 1.807) is 0 Å². The molecule has 12 aromatic rings. The number of nitrogens with one attached hydrogen (secondary N) is 1. The van der Waals surface area contributed by atoms with Crippen molar-refractivity contribution in [2.45, 2.75) is 31.8 Å². The summed E-state index contributed by atoms with van der Waals surface area (Å²) in [6.07, 6.45) is 3.34. The Hall–Kier alpha value is -3.75. The van der Waals surface area contributed by atoms with Crippen LogP contribution in [0.15, 0.2) is 255 Å². The van der Waals surface area contributed by atoms with Gasteiger partial charge in [-0.1, -0.05) is 205 Å². The second kappa shape index (κ2) is 29.5. The van der Waals surface area contributed by atoms with Crippen molar-refractivity contribution >= 4 is 27.6 Å². The van der Waals surface area contributed by atoms with Crippen molar-refractivity contribution < 1.29 is 168 Å². The number of hydrogen-bond acceptors (Lipinski definition) is 5. The fourth-order valence-corrected chi connectivity index (χ4v) is 10.6. The molecule has 0 aliphatic heterocycles. The largest absolute Gasteiger partial charge is 0.370 e. The number of nitrogens with zero attached hydrogens (tertiary/aromatic N) is 6. The van der Waals surface area contributed by atoms with Gasteiger partial charge in [0.1, 0.15) is 28.3 Å². The molecular formula is C66H54FN7Y5. The molecule has 4 heterocycles. The molecular weight excluding hydrogens is 1350 g/mol. The average molecular weight is 1410 g/mol. The van der Waals surface area contributed by atoms with E-state index in [4.69, 9.17) is 10.2 Å². The number of pyridine rings is 2. The predicted octanol–water partition coefficient (Wildman–Crippen LogP) is 15.1. The van der Waals surface area contributed by atoms with Crippen molar-refractivity contribution in [2.75, 3.05) is 11.9 Å². The summed E-state index contributed by atoms with van der Waals surface area (Å²) in [7, 11) is 0. The molecule has 0 amide bonds. The number of rotatable bonds is 12. The maximum atomic E-state index is 14.2. The van der Waals surface area contributed by atoms with Gasteiger partial charge in [-0.05, 0) is 96.6 Å². The van der Waals surface area contributed by atoms with E-state index in [-0.39, 0.29) is 164 Å². The maximum Gasteiger partial charge on any atom is 0.213 e. The maximum absolute atomic E-state index is 14.2. The van der Waals surface area contributed by atoms with E-state index in [1.807, 2.05) is 36.5 Å². The molecule has 0 spiro atoms. The molecule has 79 heavy (non-hydrogen) atoms. The summed E-state index contributed by atoms with van der Waals surface area (Å²) in [6.45, 7) is 7.09. The van der Waals surface area contributed by atoms with E-state index < -0.39 is 17.0 Å². The Labute approximate surface area is 588 Å². The third-order valence-corrected chi connectivity index (χ3v) is 13.8. The predicted molar refractivity (Wildman–Crippen MR) is 299 cm³/mol. The number of aryl methyl sites for hydroxylation is 2. The van der Waals surface area contributed by atoms with Crippen molar-refractivity contribution in [1.29, 1.82) is 0 Å². The van der Waals surface area contributed by atoms with Crippen LogP contribution in [-0.4, -0.2) is 36.1 Å². The van der Waals surface area contributed by atoms with Crippen molar-refractivity contribution in [1.82, 2.24) is 29.5 Å². The van der Waals surface area contributed by atoms with Crippen LogP contribution in [0.25, 0.3) is 44.3 Å². The van der Waals surface area contributed by atoms with Crippen LogP contribution in [0.3, 0.4) is 0 Å². The summed E-state index contributed by atoms with van der Waals surface area (Å²) < 4.78 is 18.6. The first kappa shape index (κ1) is 64.4. The van der Waals surface area contributed by atoms with Gasteiger partial charge in [0.25, 0.3) is 0 Å². The van der Waals surface area contributed by atoms with Crippen LogP contribution in [-0.2, 0) is 175 Å². The molecule has 1 N–H and O–H groups in total. The molecule has 0 atom stereocenters. The number of anilines is 1. The Morgan fingerprint density at radius 2 is 0.709 bits per heavy atom. The van der Waals surface area contributed by atoms with Gasteiger partial charge < -0.3 is 5.32 Å². The summed E-state index contributed by atoms with van der Waals surface area (Å²) in [5, 5.41) is 16.2. The number of halogens is 1. The van der Waals surface area contributed by atoms with E-state index in [0.29, 0.717) is 5.56 Å². The molecule has 13 heteroatoms. The third kappa shape index (κ3) is 12.9. The molecule has 8 aromatic carbocycles. The van der Waals surface area contributed by atoms with Gasteiger partial charge in [-0.2, -0.15) is 14.6 Å². The zero-order valence-corrected chi connectivity index (χ0v) is 58.6. The molecule has 0 fully saturated rings. The molecule has 0 aliphatic carbocycles. The molecule has 5 radical (unpaired) electrons. The Morgan fingerprint density at radius 3 is 1.03 bits per heavy atom. The quantitative estimate of drug-likeness (QED) is 0.0975. The summed E-state index contributed by atoms with van der Waals surface area (Å²) in [4.78, 5) is 8.26. The van der Waals surface area contributed by atoms with Gasteiger partial charge >= 0.3 is 0 Å². The molecule has 4 aromatic heterocycles. The van der Waals surface area contributed by atoms with Crippen LogP contribution in [0.4, 0.5) is 10.2 Å². The van der Waals surface area contributed by atoms with Gasteiger partial charge in [-0.25, -0.2) is 19.3 Å². The Morgan fingerprint density at radius 1 is 0.392 bits per heavy atom. The average Bonchev–Trinajstić information content (AvgIpc) is 4.04. The van der Waals surface area contributed by atoms with Gasteiger partial charge in [0.15, 0.2) is 0 Å². The summed E-state index contributed by atoms with van der Waals surface area (Å²) >= 11 is 0. The van der Waals surface area contributed by atoms with Crippen LogP contribution >= 0.6 is 0 Å². The van der Waals surface area contributed by atoms with E-state index in [9.17, 15) is 4.39 Å². The van der Waals surface area contributed by atoms with E-state index in [1.165, 1.54) is 17.8 Å². The molecule has 7 nitrogen and oxygen atoms in total. The SMILES string of the molecule is CCNc1cc(-c2nn(C(c3ccccc3)(c3ccccc3)c3ccccc3)c3ccc(C)cc23)ccn1.Cc1ccc2c(c1)c(-c1ccnc(F)c1)nn2C(c1ccccc1)(c1ccccc1)c1ccccc1.[Y].[Y].[Y].[Y].[Y]. The second-order valence-electron chi connectivity index (χ2n) is 18.5. The first-order valence-corrected chi connectivity index (χ1v) is 25.0. The second-order valence-corrected chi connectivity index (χ2v) is 18.5. The van der Waals surface area contributed by atoms with Crippen LogP contribution in [0.5, 0.6) is 0 Å². The van der Waals surface area contributed by atoms with E-state index in [0.717, 1.165) is 90.1 Å². The van der Waals surface area contributed by atoms with Gasteiger partial charge in [0.2, 0.25) is 5.95 Å². The van der Waals surface area contributed by atoms with Gasteiger partial charge in [0, 0.05) is 210 Å². The van der Waals surface area contributed by atoms with Crippen molar-refractivity contribution in [3.63, 3.8) is 0 Å². The molecule has 0 aliphatic rings. The molecule has 0 bridgehead atoms. The molecule has 12 rings (SSSR count). The minimum atomic E-state index is -0.763. The molecule has 0 saturated heterocycles. The first-order valence-electron chi connectivity index (χ1n) is 25.0. The van der Waals surface area contributed by atoms with Crippen molar-refractivity contribution in [2.24, 2.45) is 0 Å². The van der Waals surface area contributed by atoms with E-state index in [2.05, 4.69) is 252 Å². The van der Waals surface area contributed by atoms with Gasteiger partial charge in [-0.15, -0.1) is 0 Å². The molecule has 0 saturated carbocycles. The number of fused-ring (bicyclic) bond motifs is 2. The fourth-order valence-electron chi connectivity index (χ4n) is 10.6. The van der Waals surface area contributed by atoms with Crippen LogP contribution in [0, 0.1) is 19.8 Å². The molecule has 375 valence electrons. The van der Waals surface area contributed by atoms with Gasteiger partial charge in [0.05, 0.1) is 11.0 Å². The Balaban J connectivity index is 0.000000240. The summed E-state index contributed by atoms with van der Waals surface area (Å²) in [5.41, 5.74) is 13.0. The zero-order valence-electron chi connectivity index (χ0n) is 44.4. The normalized spacial score (nSPS) is 10.8. The number of aromatic nitrogens is 6. The fraction of sp³-hybridized carbons (Fsp3) is 0.0909. The summed E-state index contributed by atoms with van der Waals surface area (Å²) in [6, 6.07) is 83.8.